The van der Waals surface area contributed by atoms with Crippen LogP contribution in [0.15, 0.2) is 18.2 Å². The molecule has 1 heterocycles. The molecule has 90 valence electrons. The fourth-order valence-electron chi connectivity index (χ4n) is 2.17. The molecule has 1 aromatic rings. The van der Waals surface area contributed by atoms with Gasteiger partial charge in [-0.3, -0.25) is 9.59 Å². The maximum absolute atomic E-state index is 11.8. The van der Waals surface area contributed by atoms with Gasteiger partial charge in [0, 0.05) is 24.2 Å². The first-order valence-corrected chi connectivity index (χ1v) is 5.80. The molecule has 1 aromatic carbocycles. The molecule has 0 aliphatic carbocycles. The van der Waals surface area contributed by atoms with Gasteiger partial charge in [0.25, 0.3) is 0 Å². The minimum Gasteiger partial charge on any atom is -0.366 e. The molecule has 0 aromatic heterocycles. The van der Waals surface area contributed by atoms with Gasteiger partial charge in [-0.05, 0) is 43.5 Å². The van der Waals surface area contributed by atoms with Gasteiger partial charge in [0.2, 0.25) is 11.8 Å². The van der Waals surface area contributed by atoms with E-state index in [-0.39, 0.29) is 5.91 Å². The van der Waals surface area contributed by atoms with E-state index in [2.05, 4.69) is 0 Å². The highest BCUT2D eigenvalue weighted by Gasteiger charge is 2.20. The number of nitrogens with two attached hydrogens (primary N) is 1. The average Bonchev–Trinajstić information content (AvgIpc) is 2.29. The number of piperidine rings is 1. The zero-order chi connectivity index (χ0) is 12.4. The molecule has 0 spiro atoms. The molecule has 1 saturated heterocycles. The van der Waals surface area contributed by atoms with Crippen molar-refractivity contribution in [3.05, 3.63) is 29.3 Å². The number of carbonyl (C=O) groups is 2. The van der Waals surface area contributed by atoms with Crippen molar-refractivity contribution < 1.29 is 9.59 Å². The lowest BCUT2D eigenvalue weighted by molar-refractivity contribution is -0.119. The minimum atomic E-state index is -0.431. The van der Waals surface area contributed by atoms with Crippen LogP contribution in [0.25, 0.3) is 0 Å². The van der Waals surface area contributed by atoms with E-state index >= 15 is 0 Å². The lowest BCUT2D eigenvalue weighted by atomic mass is 10.0. The Labute approximate surface area is 100 Å². The van der Waals surface area contributed by atoms with E-state index in [1.165, 1.54) is 0 Å². The molecule has 2 amide bonds. The number of hydrogen-bond acceptors (Lipinski definition) is 2. The van der Waals surface area contributed by atoms with E-state index in [1.54, 1.807) is 17.0 Å². The highest BCUT2D eigenvalue weighted by molar-refractivity contribution is 5.97. The number of carbonyl (C=O) groups excluding carboxylic acids is 2. The van der Waals surface area contributed by atoms with E-state index in [1.807, 2.05) is 13.0 Å². The Balaban J connectivity index is 2.30. The van der Waals surface area contributed by atoms with E-state index in [4.69, 9.17) is 5.73 Å². The zero-order valence-corrected chi connectivity index (χ0v) is 9.90. The number of amides is 2. The highest BCUT2D eigenvalue weighted by Crippen LogP contribution is 2.23. The maximum atomic E-state index is 11.8. The van der Waals surface area contributed by atoms with Gasteiger partial charge in [0.1, 0.15) is 0 Å². The van der Waals surface area contributed by atoms with Gasteiger partial charge >= 0.3 is 0 Å². The zero-order valence-electron chi connectivity index (χ0n) is 9.90. The molecule has 1 aliphatic rings. The van der Waals surface area contributed by atoms with Crippen LogP contribution in [0.2, 0.25) is 0 Å². The molecule has 0 radical (unpaired) electrons. The van der Waals surface area contributed by atoms with Crippen molar-refractivity contribution in [2.45, 2.75) is 26.2 Å². The predicted molar refractivity (Wildman–Crippen MR) is 65.9 cm³/mol. The SMILES string of the molecule is Cc1cc(N2CCCCC2=O)ccc1C(N)=O. The van der Waals surface area contributed by atoms with Crippen LogP contribution in [0.3, 0.4) is 0 Å². The van der Waals surface area contributed by atoms with Crippen molar-refractivity contribution in [3.63, 3.8) is 0 Å². The summed E-state index contributed by atoms with van der Waals surface area (Å²) in [7, 11) is 0. The molecule has 2 N–H and O–H groups in total. The quantitative estimate of drug-likeness (QED) is 0.842. The molecule has 4 nitrogen and oxygen atoms in total. The van der Waals surface area contributed by atoms with Crippen LogP contribution in [0.5, 0.6) is 0 Å². The summed E-state index contributed by atoms with van der Waals surface area (Å²) >= 11 is 0. The minimum absolute atomic E-state index is 0.155. The monoisotopic (exact) mass is 232 g/mol. The third-order valence-corrected chi connectivity index (χ3v) is 3.11. The molecule has 0 bridgehead atoms. The Kier molecular flexibility index (Phi) is 3.13. The van der Waals surface area contributed by atoms with Gasteiger partial charge in [-0.2, -0.15) is 0 Å². The number of rotatable bonds is 2. The van der Waals surface area contributed by atoms with Crippen LogP contribution in [-0.4, -0.2) is 18.4 Å². The first kappa shape index (κ1) is 11.6. The molecule has 2 rings (SSSR count). The molecule has 0 saturated carbocycles. The summed E-state index contributed by atoms with van der Waals surface area (Å²) in [6, 6.07) is 5.33. The summed E-state index contributed by atoms with van der Waals surface area (Å²) in [5.41, 5.74) is 7.43. The first-order valence-electron chi connectivity index (χ1n) is 5.80. The predicted octanol–water partition coefficient (Wildman–Crippen LogP) is 1.61. The summed E-state index contributed by atoms with van der Waals surface area (Å²) in [4.78, 5) is 24.7. The van der Waals surface area contributed by atoms with Crippen LogP contribution in [0.1, 0.15) is 35.2 Å². The van der Waals surface area contributed by atoms with Gasteiger partial charge in [-0.1, -0.05) is 0 Å². The molecular formula is C13H16N2O2. The Morgan fingerprint density at radius 3 is 2.71 bits per heavy atom. The van der Waals surface area contributed by atoms with E-state index in [0.29, 0.717) is 12.0 Å². The third-order valence-electron chi connectivity index (χ3n) is 3.11. The molecule has 0 atom stereocenters. The second kappa shape index (κ2) is 4.57. The first-order chi connectivity index (χ1) is 8.09. The molecule has 0 unspecified atom stereocenters. The van der Waals surface area contributed by atoms with E-state index in [9.17, 15) is 9.59 Å². The second-order valence-electron chi connectivity index (χ2n) is 4.37. The smallest absolute Gasteiger partial charge is 0.248 e. The fraction of sp³-hybridized carbons (Fsp3) is 0.385. The van der Waals surface area contributed by atoms with E-state index in [0.717, 1.165) is 30.6 Å². The molecule has 1 fully saturated rings. The summed E-state index contributed by atoms with van der Waals surface area (Å²) in [5.74, 6) is -0.276. The van der Waals surface area contributed by atoms with Crippen LogP contribution < -0.4 is 10.6 Å². The Bertz CT molecular complexity index is 468. The van der Waals surface area contributed by atoms with Crippen LogP contribution in [0, 0.1) is 6.92 Å². The van der Waals surface area contributed by atoms with Crippen LogP contribution in [0.4, 0.5) is 5.69 Å². The largest absolute Gasteiger partial charge is 0.366 e. The van der Waals surface area contributed by atoms with Gasteiger partial charge in [0.15, 0.2) is 0 Å². The Hall–Kier alpha value is -1.84. The lowest BCUT2D eigenvalue weighted by Crippen LogP contribution is -2.35. The standard InChI is InChI=1S/C13H16N2O2/c1-9-8-10(5-6-11(9)13(14)17)15-7-3-2-4-12(15)16/h5-6,8H,2-4,7H2,1H3,(H2,14,17). The van der Waals surface area contributed by atoms with Crippen molar-refractivity contribution in [2.75, 3.05) is 11.4 Å². The number of nitrogens with zero attached hydrogens (tertiary/aromatic N) is 1. The van der Waals surface area contributed by atoms with Gasteiger partial charge in [-0.25, -0.2) is 0 Å². The number of primary amides is 1. The Morgan fingerprint density at radius 2 is 2.12 bits per heavy atom. The van der Waals surface area contributed by atoms with Gasteiger partial charge in [-0.15, -0.1) is 0 Å². The second-order valence-corrected chi connectivity index (χ2v) is 4.37. The van der Waals surface area contributed by atoms with Crippen LogP contribution >= 0.6 is 0 Å². The molecular weight excluding hydrogens is 216 g/mol. The summed E-state index contributed by atoms with van der Waals surface area (Å²) < 4.78 is 0. The highest BCUT2D eigenvalue weighted by atomic mass is 16.2. The molecule has 1 aliphatic heterocycles. The van der Waals surface area contributed by atoms with Gasteiger partial charge in [0.05, 0.1) is 0 Å². The number of benzene rings is 1. The van der Waals surface area contributed by atoms with Gasteiger partial charge < -0.3 is 10.6 Å². The van der Waals surface area contributed by atoms with E-state index < -0.39 is 5.91 Å². The average molecular weight is 232 g/mol. The molecule has 17 heavy (non-hydrogen) atoms. The van der Waals surface area contributed by atoms with Crippen molar-refractivity contribution in [1.29, 1.82) is 0 Å². The Morgan fingerprint density at radius 1 is 1.35 bits per heavy atom. The normalized spacial score (nSPS) is 16.1. The number of aryl methyl sites for hydroxylation is 1. The van der Waals surface area contributed by atoms with Crippen molar-refractivity contribution in [3.8, 4) is 0 Å². The van der Waals surface area contributed by atoms with Crippen molar-refractivity contribution in [2.24, 2.45) is 5.73 Å². The summed E-state index contributed by atoms with van der Waals surface area (Å²) in [6.45, 7) is 2.59. The van der Waals surface area contributed by atoms with Crippen molar-refractivity contribution in [1.82, 2.24) is 0 Å². The third kappa shape index (κ3) is 2.30. The topological polar surface area (TPSA) is 63.4 Å². The maximum Gasteiger partial charge on any atom is 0.248 e. The van der Waals surface area contributed by atoms with Crippen molar-refractivity contribution >= 4 is 17.5 Å². The summed E-state index contributed by atoms with van der Waals surface area (Å²) in [6.07, 6.45) is 2.60. The van der Waals surface area contributed by atoms with Crippen LogP contribution in [-0.2, 0) is 4.79 Å². The number of anilines is 1. The lowest BCUT2D eigenvalue weighted by Gasteiger charge is -2.27. The summed E-state index contributed by atoms with van der Waals surface area (Å²) in [5, 5.41) is 0. The fourth-order valence-corrected chi connectivity index (χ4v) is 2.17. The molecule has 4 heteroatoms. The number of hydrogen-bond donors (Lipinski definition) is 1.